The molecule has 0 atom stereocenters. The van der Waals surface area contributed by atoms with Crippen molar-refractivity contribution in [1.82, 2.24) is 9.47 Å². The predicted octanol–water partition coefficient (Wildman–Crippen LogP) is 5.70. The zero-order valence-electron chi connectivity index (χ0n) is 19.9. The fraction of sp³-hybridized carbons (Fsp3) is 0.207. The van der Waals surface area contributed by atoms with Crippen LogP contribution in [0.25, 0.3) is 0 Å². The standard InChI is InChI=1S/C29H30N2O3/c1-22-10-7-8-13-24(22)20-30-17-9-14-25(30)21-31(19-23-11-5-4-6-12-23)29(32)27-16-15-26(33-2)18-28(27)34-3/h4-18H,19-21H2,1-3H3. The zero-order chi connectivity index (χ0) is 23.9. The number of nitrogens with zero attached hydrogens (tertiary/aromatic N) is 2. The fourth-order valence-corrected chi connectivity index (χ4v) is 4.06. The van der Waals surface area contributed by atoms with Crippen LogP contribution >= 0.6 is 0 Å². The summed E-state index contributed by atoms with van der Waals surface area (Å²) in [6.07, 6.45) is 2.07. The summed E-state index contributed by atoms with van der Waals surface area (Å²) < 4.78 is 13.0. The average molecular weight is 455 g/mol. The Hall–Kier alpha value is -3.99. The van der Waals surface area contributed by atoms with E-state index in [1.807, 2.05) is 41.3 Å². The van der Waals surface area contributed by atoms with Crippen LogP contribution in [-0.2, 0) is 19.6 Å². The van der Waals surface area contributed by atoms with Gasteiger partial charge in [-0.15, -0.1) is 0 Å². The first-order valence-corrected chi connectivity index (χ1v) is 11.3. The second-order valence-electron chi connectivity index (χ2n) is 8.27. The lowest BCUT2D eigenvalue weighted by molar-refractivity contribution is 0.0722. The minimum absolute atomic E-state index is 0.0907. The molecule has 0 N–H and O–H groups in total. The van der Waals surface area contributed by atoms with E-state index < -0.39 is 0 Å². The Bertz CT molecular complexity index is 1250. The molecule has 0 spiro atoms. The van der Waals surface area contributed by atoms with E-state index in [2.05, 4.69) is 48.0 Å². The number of aryl methyl sites for hydroxylation is 1. The number of hydrogen-bond donors (Lipinski definition) is 0. The van der Waals surface area contributed by atoms with Crippen LogP contribution in [0.4, 0.5) is 0 Å². The van der Waals surface area contributed by atoms with Crippen LogP contribution in [0, 0.1) is 6.92 Å². The largest absolute Gasteiger partial charge is 0.497 e. The van der Waals surface area contributed by atoms with Crippen molar-refractivity contribution in [3.05, 3.63) is 119 Å². The van der Waals surface area contributed by atoms with Crippen molar-refractivity contribution in [2.24, 2.45) is 0 Å². The Morgan fingerprint density at radius 3 is 2.35 bits per heavy atom. The number of ether oxygens (including phenoxy) is 2. The van der Waals surface area contributed by atoms with Crippen LogP contribution in [0.2, 0.25) is 0 Å². The summed E-state index contributed by atoms with van der Waals surface area (Å²) in [6.45, 7) is 3.85. The van der Waals surface area contributed by atoms with Crippen LogP contribution in [0.15, 0.2) is 91.1 Å². The molecule has 5 heteroatoms. The summed E-state index contributed by atoms with van der Waals surface area (Å²) in [4.78, 5) is 15.6. The Morgan fingerprint density at radius 1 is 0.853 bits per heavy atom. The highest BCUT2D eigenvalue weighted by molar-refractivity contribution is 5.97. The lowest BCUT2D eigenvalue weighted by Gasteiger charge is -2.25. The van der Waals surface area contributed by atoms with Gasteiger partial charge in [-0.3, -0.25) is 4.79 Å². The van der Waals surface area contributed by atoms with Gasteiger partial charge < -0.3 is 18.9 Å². The number of amides is 1. The lowest BCUT2D eigenvalue weighted by atomic mass is 10.1. The van der Waals surface area contributed by atoms with Gasteiger partial charge in [-0.05, 0) is 47.9 Å². The minimum atomic E-state index is -0.0907. The van der Waals surface area contributed by atoms with Crippen molar-refractivity contribution < 1.29 is 14.3 Å². The first-order chi connectivity index (χ1) is 16.6. The van der Waals surface area contributed by atoms with Crippen molar-refractivity contribution in [3.63, 3.8) is 0 Å². The van der Waals surface area contributed by atoms with Crippen molar-refractivity contribution in [2.45, 2.75) is 26.6 Å². The van der Waals surface area contributed by atoms with Gasteiger partial charge in [0.15, 0.2) is 0 Å². The van der Waals surface area contributed by atoms with Gasteiger partial charge in [0.05, 0.1) is 26.3 Å². The summed E-state index contributed by atoms with van der Waals surface area (Å²) >= 11 is 0. The number of carbonyl (C=O) groups is 1. The molecule has 0 aliphatic carbocycles. The molecule has 4 aromatic rings. The van der Waals surface area contributed by atoms with Crippen LogP contribution in [0.5, 0.6) is 11.5 Å². The lowest BCUT2D eigenvalue weighted by Crippen LogP contribution is -2.31. The molecule has 0 saturated heterocycles. The Morgan fingerprint density at radius 2 is 1.62 bits per heavy atom. The molecule has 0 unspecified atom stereocenters. The first-order valence-electron chi connectivity index (χ1n) is 11.3. The van der Waals surface area contributed by atoms with Gasteiger partial charge in [-0.1, -0.05) is 54.6 Å². The van der Waals surface area contributed by atoms with Gasteiger partial charge in [-0.25, -0.2) is 0 Å². The molecule has 5 nitrogen and oxygen atoms in total. The van der Waals surface area contributed by atoms with Gasteiger partial charge in [0.2, 0.25) is 0 Å². The van der Waals surface area contributed by atoms with Crippen LogP contribution in [0.1, 0.15) is 32.7 Å². The molecule has 1 amide bonds. The first kappa shape index (κ1) is 23.2. The van der Waals surface area contributed by atoms with E-state index in [1.54, 1.807) is 32.4 Å². The molecule has 34 heavy (non-hydrogen) atoms. The van der Waals surface area contributed by atoms with E-state index in [0.717, 1.165) is 17.8 Å². The second kappa shape index (κ2) is 10.8. The molecule has 1 heterocycles. The molecule has 0 radical (unpaired) electrons. The van der Waals surface area contributed by atoms with Crippen molar-refractivity contribution in [3.8, 4) is 11.5 Å². The number of rotatable bonds is 9. The summed E-state index contributed by atoms with van der Waals surface area (Å²) in [7, 11) is 3.17. The number of methoxy groups -OCH3 is 2. The Balaban J connectivity index is 1.65. The van der Waals surface area contributed by atoms with E-state index in [-0.39, 0.29) is 5.91 Å². The smallest absolute Gasteiger partial charge is 0.258 e. The fourth-order valence-electron chi connectivity index (χ4n) is 4.06. The molecule has 0 saturated carbocycles. The second-order valence-corrected chi connectivity index (χ2v) is 8.27. The third-order valence-electron chi connectivity index (χ3n) is 6.02. The van der Waals surface area contributed by atoms with Crippen LogP contribution < -0.4 is 9.47 Å². The SMILES string of the molecule is COc1ccc(C(=O)N(Cc2ccccc2)Cc2cccn2Cc2ccccc2C)c(OC)c1. The maximum Gasteiger partial charge on any atom is 0.258 e. The molecule has 0 aliphatic rings. The Labute approximate surface area is 201 Å². The van der Waals surface area contributed by atoms with E-state index in [9.17, 15) is 4.79 Å². The third-order valence-corrected chi connectivity index (χ3v) is 6.02. The summed E-state index contributed by atoms with van der Waals surface area (Å²) in [5.41, 5.74) is 5.16. The van der Waals surface area contributed by atoms with Gasteiger partial charge in [0, 0.05) is 31.0 Å². The molecule has 0 bridgehead atoms. The number of carbonyl (C=O) groups excluding carboxylic acids is 1. The number of aromatic nitrogens is 1. The van der Waals surface area contributed by atoms with E-state index in [0.29, 0.717) is 30.2 Å². The van der Waals surface area contributed by atoms with Crippen molar-refractivity contribution >= 4 is 5.91 Å². The molecule has 4 rings (SSSR count). The number of benzene rings is 3. The minimum Gasteiger partial charge on any atom is -0.497 e. The van der Waals surface area contributed by atoms with Gasteiger partial charge in [-0.2, -0.15) is 0 Å². The van der Waals surface area contributed by atoms with E-state index >= 15 is 0 Å². The summed E-state index contributed by atoms with van der Waals surface area (Å²) in [5.74, 6) is 1.06. The highest BCUT2D eigenvalue weighted by Gasteiger charge is 2.22. The van der Waals surface area contributed by atoms with Crippen molar-refractivity contribution in [1.29, 1.82) is 0 Å². The zero-order valence-corrected chi connectivity index (χ0v) is 19.9. The molecule has 0 fully saturated rings. The van der Waals surface area contributed by atoms with Gasteiger partial charge in [0.25, 0.3) is 5.91 Å². The summed E-state index contributed by atoms with van der Waals surface area (Å²) in [5, 5.41) is 0. The molecule has 3 aromatic carbocycles. The topological polar surface area (TPSA) is 43.7 Å². The molecule has 0 aliphatic heterocycles. The molecule has 174 valence electrons. The Kier molecular flexibility index (Phi) is 7.33. The molecular formula is C29H30N2O3. The third kappa shape index (κ3) is 5.31. The van der Waals surface area contributed by atoms with Gasteiger partial charge in [0.1, 0.15) is 11.5 Å². The highest BCUT2D eigenvalue weighted by Crippen LogP contribution is 2.27. The molecular weight excluding hydrogens is 424 g/mol. The average Bonchev–Trinajstić information content (AvgIpc) is 3.31. The highest BCUT2D eigenvalue weighted by atomic mass is 16.5. The van der Waals surface area contributed by atoms with E-state index in [4.69, 9.17) is 9.47 Å². The van der Waals surface area contributed by atoms with E-state index in [1.165, 1.54) is 11.1 Å². The van der Waals surface area contributed by atoms with Crippen LogP contribution in [-0.4, -0.2) is 29.6 Å². The normalized spacial score (nSPS) is 10.7. The number of hydrogen-bond acceptors (Lipinski definition) is 3. The van der Waals surface area contributed by atoms with Gasteiger partial charge >= 0.3 is 0 Å². The monoisotopic (exact) mass is 454 g/mol. The predicted molar refractivity (Wildman–Crippen MR) is 134 cm³/mol. The summed E-state index contributed by atoms with van der Waals surface area (Å²) in [6, 6.07) is 27.8. The maximum absolute atomic E-state index is 13.8. The van der Waals surface area contributed by atoms with Crippen molar-refractivity contribution in [2.75, 3.05) is 14.2 Å². The molecule has 1 aromatic heterocycles. The quantitative estimate of drug-likeness (QED) is 0.326. The maximum atomic E-state index is 13.8. The van der Waals surface area contributed by atoms with Crippen LogP contribution in [0.3, 0.4) is 0 Å².